The molecule has 0 amide bonds. The Kier molecular flexibility index (Phi) is 3.59. The maximum absolute atomic E-state index is 12.6. The maximum Gasteiger partial charge on any atom is 0.141 e. The molecule has 0 bridgehead atoms. The number of halogens is 1. The Hall–Kier alpha value is -0.610. The monoisotopic (exact) mass is 226 g/mol. The van der Waals surface area contributed by atoms with E-state index in [0.717, 1.165) is 25.3 Å². The molecule has 1 atom stereocenters. The van der Waals surface area contributed by atoms with Crippen molar-refractivity contribution in [2.75, 3.05) is 18.8 Å². The summed E-state index contributed by atoms with van der Waals surface area (Å²) < 4.78 is 12.6. The van der Waals surface area contributed by atoms with Gasteiger partial charge in [0.05, 0.1) is 11.9 Å². The molecule has 1 aliphatic rings. The Morgan fingerprint density at radius 3 is 3.13 bits per heavy atom. The van der Waals surface area contributed by atoms with Gasteiger partial charge in [0.25, 0.3) is 0 Å². The Bertz CT molecular complexity index is 315. The molecule has 0 N–H and O–H groups in total. The number of hydrogen-bond donors (Lipinski definition) is 0. The van der Waals surface area contributed by atoms with Crippen LogP contribution < -0.4 is 0 Å². The van der Waals surface area contributed by atoms with Crippen molar-refractivity contribution in [3.8, 4) is 0 Å². The highest BCUT2D eigenvalue weighted by molar-refractivity contribution is 7.99. The molecule has 0 aliphatic carbocycles. The van der Waals surface area contributed by atoms with Gasteiger partial charge < -0.3 is 0 Å². The van der Waals surface area contributed by atoms with Crippen LogP contribution in [0.5, 0.6) is 0 Å². The number of aromatic nitrogens is 1. The van der Waals surface area contributed by atoms with Crippen molar-refractivity contribution < 1.29 is 4.39 Å². The van der Waals surface area contributed by atoms with E-state index in [1.807, 2.05) is 11.8 Å². The zero-order valence-electron chi connectivity index (χ0n) is 8.82. The molecule has 1 aromatic rings. The lowest BCUT2D eigenvalue weighted by atomic mass is 10.3. The topological polar surface area (TPSA) is 16.1 Å². The van der Waals surface area contributed by atoms with Gasteiger partial charge in [-0.1, -0.05) is 6.92 Å². The number of nitrogens with zero attached hydrogens (tertiary/aromatic N) is 2. The first-order valence-electron chi connectivity index (χ1n) is 5.18. The number of hydrogen-bond acceptors (Lipinski definition) is 3. The summed E-state index contributed by atoms with van der Waals surface area (Å²) in [5.74, 6) is 0.920. The molecular formula is C11H15FN2S. The summed E-state index contributed by atoms with van der Waals surface area (Å²) in [6, 6.07) is 3.24. The van der Waals surface area contributed by atoms with E-state index >= 15 is 0 Å². The van der Waals surface area contributed by atoms with Gasteiger partial charge in [0.1, 0.15) is 5.82 Å². The highest BCUT2D eigenvalue weighted by atomic mass is 32.2. The van der Waals surface area contributed by atoms with Gasteiger partial charge in [-0.2, -0.15) is 11.8 Å². The predicted octanol–water partition coefficient (Wildman–Crippen LogP) is 2.16. The first-order chi connectivity index (χ1) is 7.24. The van der Waals surface area contributed by atoms with E-state index in [0.29, 0.717) is 5.25 Å². The highest BCUT2D eigenvalue weighted by Gasteiger charge is 2.16. The van der Waals surface area contributed by atoms with E-state index in [9.17, 15) is 4.39 Å². The third kappa shape index (κ3) is 3.18. The summed E-state index contributed by atoms with van der Waals surface area (Å²) in [5, 5.41) is 0.694. The van der Waals surface area contributed by atoms with Crippen molar-refractivity contribution in [3.63, 3.8) is 0 Å². The Balaban J connectivity index is 1.93. The molecule has 0 radical (unpaired) electrons. The van der Waals surface area contributed by atoms with Crippen molar-refractivity contribution in [3.05, 3.63) is 29.8 Å². The summed E-state index contributed by atoms with van der Waals surface area (Å²) in [4.78, 5) is 6.45. The Morgan fingerprint density at radius 2 is 2.47 bits per heavy atom. The Labute approximate surface area is 93.9 Å². The van der Waals surface area contributed by atoms with Crippen LogP contribution in [0.1, 0.15) is 12.6 Å². The third-order valence-electron chi connectivity index (χ3n) is 2.50. The number of rotatable bonds is 2. The quantitative estimate of drug-likeness (QED) is 0.769. The predicted molar refractivity (Wildman–Crippen MR) is 61.4 cm³/mol. The second-order valence-electron chi connectivity index (χ2n) is 3.88. The summed E-state index contributed by atoms with van der Waals surface area (Å²) in [7, 11) is 0. The lowest BCUT2D eigenvalue weighted by Crippen LogP contribution is -2.36. The minimum Gasteiger partial charge on any atom is -0.296 e. The molecule has 2 heterocycles. The molecule has 0 spiro atoms. The molecule has 2 rings (SSSR count). The second kappa shape index (κ2) is 4.94. The van der Waals surface area contributed by atoms with E-state index in [4.69, 9.17) is 0 Å². The summed E-state index contributed by atoms with van der Waals surface area (Å²) in [6.07, 6.45) is 1.29. The Morgan fingerprint density at radius 1 is 1.60 bits per heavy atom. The molecule has 15 heavy (non-hydrogen) atoms. The molecule has 1 aromatic heterocycles. The average Bonchev–Trinajstić information content (AvgIpc) is 2.22. The van der Waals surface area contributed by atoms with Crippen molar-refractivity contribution >= 4 is 11.8 Å². The van der Waals surface area contributed by atoms with E-state index in [1.165, 1.54) is 18.0 Å². The van der Waals surface area contributed by atoms with Crippen LogP contribution in [0.3, 0.4) is 0 Å². The van der Waals surface area contributed by atoms with E-state index in [-0.39, 0.29) is 5.82 Å². The first-order valence-corrected chi connectivity index (χ1v) is 6.23. The standard InChI is InChI=1S/C11H15FN2S/c1-9-7-14(4-5-15-9)8-11-3-2-10(12)6-13-11/h2-3,6,9H,4-5,7-8H2,1H3. The molecular weight excluding hydrogens is 211 g/mol. The fourth-order valence-corrected chi connectivity index (χ4v) is 2.85. The van der Waals surface area contributed by atoms with Gasteiger partial charge in [0.2, 0.25) is 0 Å². The highest BCUT2D eigenvalue weighted by Crippen LogP contribution is 2.18. The largest absolute Gasteiger partial charge is 0.296 e. The number of pyridine rings is 1. The van der Waals surface area contributed by atoms with Gasteiger partial charge in [-0.3, -0.25) is 9.88 Å². The maximum atomic E-state index is 12.6. The number of thioether (sulfide) groups is 1. The summed E-state index contributed by atoms with van der Waals surface area (Å²) in [5.41, 5.74) is 0.954. The molecule has 1 aliphatic heterocycles. The molecule has 1 saturated heterocycles. The fourth-order valence-electron chi connectivity index (χ4n) is 1.76. The van der Waals surface area contributed by atoms with E-state index < -0.39 is 0 Å². The van der Waals surface area contributed by atoms with E-state index in [2.05, 4.69) is 16.8 Å². The van der Waals surface area contributed by atoms with Gasteiger partial charge >= 0.3 is 0 Å². The van der Waals surface area contributed by atoms with Crippen LogP contribution in [-0.4, -0.2) is 34.0 Å². The van der Waals surface area contributed by atoms with Gasteiger partial charge in [-0.15, -0.1) is 0 Å². The van der Waals surface area contributed by atoms with Crippen LogP contribution in [0.4, 0.5) is 4.39 Å². The van der Waals surface area contributed by atoms with Crippen LogP contribution in [0.2, 0.25) is 0 Å². The van der Waals surface area contributed by atoms with Crippen LogP contribution in [0, 0.1) is 5.82 Å². The first kappa shape index (κ1) is 10.9. The van der Waals surface area contributed by atoms with Gasteiger partial charge in [-0.25, -0.2) is 4.39 Å². The van der Waals surface area contributed by atoms with Crippen molar-refractivity contribution in [2.45, 2.75) is 18.7 Å². The van der Waals surface area contributed by atoms with Gasteiger partial charge in [0, 0.05) is 30.6 Å². The summed E-state index contributed by atoms with van der Waals surface area (Å²) >= 11 is 2.01. The lowest BCUT2D eigenvalue weighted by molar-refractivity contribution is 0.275. The van der Waals surface area contributed by atoms with E-state index in [1.54, 1.807) is 6.07 Å². The molecule has 0 aromatic carbocycles. The normalized spacial score (nSPS) is 22.9. The van der Waals surface area contributed by atoms with Crippen LogP contribution >= 0.6 is 11.8 Å². The van der Waals surface area contributed by atoms with Crippen LogP contribution in [-0.2, 0) is 6.54 Å². The molecule has 0 saturated carbocycles. The van der Waals surface area contributed by atoms with Gasteiger partial charge in [-0.05, 0) is 12.1 Å². The zero-order valence-corrected chi connectivity index (χ0v) is 9.63. The molecule has 1 unspecified atom stereocenters. The second-order valence-corrected chi connectivity index (χ2v) is 5.43. The lowest BCUT2D eigenvalue weighted by Gasteiger charge is -2.30. The minimum absolute atomic E-state index is 0.263. The third-order valence-corrected chi connectivity index (χ3v) is 3.64. The van der Waals surface area contributed by atoms with Crippen LogP contribution in [0.15, 0.2) is 18.3 Å². The average molecular weight is 226 g/mol. The van der Waals surface area contributed by atoms with Crippen LogP contribution in [0.25, 0.3) is 0 Å². The molecule has 1 fully saturated rings. The smallest absolute Gasteiger partial charge is 0.141 e. The summed E-state index contributed by atoms with van der Waals surface area (Å²) in [6.45, 7) is 5.29. The molecule has 2 nitrogen and oxygen atoms in total. The molecule has 4 heteroatoms. The SMILES string of the molecule is CC1CN(Cc2ccc(F)cn2)CCS1. The minimum atomic E-state index is -0.263. The fraction of sp³-hybridized carbons (Fsp3) is 0.545. The van der Waals surface area contributed by atoms with Gasteiger partial charge in [0.15, 0.2) is 0 Å². The molecule has 82 valence electrons. The van der Waals surface area contributed by atoms with Crippen molar-refractivity contribution in [1.82, 2.24) is 9.88 Å². The zero-order chi connectivity index (χ0) is 10.7. The van der Waals surface area contributed by atoms with Crippen molar-refractivity contribution in [1.29, 1.82) is 0 Å². The van der Waals surface area contributed by atoms with Crippen molar-refractivity contribution in [2.24, 2.45) is 0 Å².